The van der Waals surface area contributed by atoms with Gasteiger partial charge in [-0.05, 0) is 12.1 Å². The zero-order valence-corrected chi connectivity index (χ0v) is 10.4. The number of aliphatic hydroxyl groups is 1. The molecular weight excluding hydrogens is 271 g/mol. The summed E-state index contributed by atoms with van der Waals surface area (Å²) < 4.78 is 0. The van der Waals surface area contributed by atoms with E-state index in [0.717, 1.165) is 0 Å². The molecule has 2 N–H and O–H groups in total. The van der Waals surface area contributed by atoms with E-state index in [1.165, 1.54) is 17.8 Å². The number of rotatable bonds is 1. The lowest BCUT2D eigenvalue weighted by Gasteiger charge is -2.30. The second-order valence-corrected chi connectivity index (χ2v) is 5.48. The van der Waals surface area contributed by atoms with Crippen molar-refractivity contribution in [3.63, 3.8) is 0 Å². The van der Waals surface area contributed by atoms with Crippen LogP contribution in [0.5, 0.6) is 0 Å². The molecule has 0 bridgehead atoms. The molecule has 0 saturated heterocycles. The van der Waals surface area contributed by atoms with Crippen LogP contribution in [0.15, 0.2) is 17.0 Å². The van der Waals surface area contributed by atoms with Crippen LogP contribution in [0.2, 0.25) is 10.0 Å². The first-order valence-corrected chi connectivity index (χ1v) is 6.27. The van der Waals surface area contributed by atoms with E-state index in [9.17, 15) is 9.90 Å². The predicted octanol–water partition coefficient (Wildman–Crippen LogP) is 2.76. The highest BCUT2D eigenvalue weighted by molar-refractivity contribution is 7.99. The summed E-state index contributed by atoms with van der Waals surface area (Å²) in [7, 11) is 0. The molecular formula is C10H8Cl2O3S. The molecule has 0 fully saturated rings. The first kappa shape index (κ1) is 12.0. The molecule has 1 aliphatic heterocycles. The lowest BCUT2D eigenvalue weighted by molar-refractivity contribution is -0.160. The van der Waals surface area contributed by atoms with Crippen molar-refractivity contribution in [3.8, 4) is 0 Å². The van der Waals surface area contributed by atoms with E-state index < -0.39 is 11.6 Å². The number of halogens is 2. The van der Waals surface area contributed by atoms with Gasteiger partial charge in [-0.1, -0.05) is 23.2 Å². The summed E-state index contributed by atoms with van der Waals surface area (Å²) in [6.45, 7) is 0. The van der Waals surface area contributed by atoms with Crippen LogP contribution in [0.4, 0.5) is 0 Å². The highest BCUT2D eigenvalue weighted by Crippen LogP contribution is 2.45. The Hall–Kier alpha value is -0.420. The predicted molar refractivity (Wildman–Crippen MR) is 63.3 cm³/mol. The number of carbonyl (C=O) groups is 1. The highest BCUT2D eigenvalue weighted by Gasteiger charge is 2.43. The molecule has 1 aromatic rings. The average Bonchev–Trinajstić information content (AvgIpc) is 2.19. The molecule has 0 aromatic heterocycles. The van der Waals surface area contributed by atoms with Crippen LogP contribution in [0.1, 0.15) is 12.0 Å². The van der Waals surface area contributed by atoms with Gasteiger partial charge in [-0.25, -0.2) is 4.79 Å². The van der Waals surface area contributed by atoms with Gasteiger partial charge in [0.1, 0.15) is 0 Å². The van der Waals surface area contributed by atoms with Crippen molar-refractivity contribution in [2.24, 2.45) is 0 Å². The van der Waals surface area contributed by atoms with Gasteiger partial charge in [0.15, 0.2) is 5.60 Å². The topological polar surface area (TPSA) is 57.5 Å². The van der Waals surface area contributed by atoms with Crippen LogP contribution < -0.4 is 0 Å². The van der Waals surface area contributed by atoms with E-state index >= 15 is 0 Å². The molecule has 3 nitrogen and oxygen atoms in total. The number of fused-ring (bicyclic) bond motifs is 1. The minimum Gasteiger partial charge on any atom is -0.479 e. The number of aliphatic carboxylic acids is 1. The maximum atomic E-state index is 11.1. The SMILES string of the molecule is O=C(O)C1(O)CCSc2c(Cl)cc(Cl)cc21. The Labute approximate surface area is 106 Å². The van der Waals surface area contributed by atoms with E-state index in [1.807, 2.05) is 0 Å². The minimum absolute atomic E-state index is 0.149. The van der Waals surface area contributed by atoms with Crippen molar-refractivity contribution in [3.05, 3.63) is 27.7 Å². The molecule has 0 radical (unpaired) electrons. The second kappa shape index (κ2) is 4.11. The summed E-state index contributed by atoms with van der Waals surface area (Å²) in [5.41, 5.74) is -1.59. The van der Waals surface area contributed by atoms with Crippen molar-refractivity contribution in [2.45, 2.75) is 16.9 Å². The molecule has 0 saturated carbocycles. The van der Waals surface area contributed by atoms with Crippen LogP contribution in [-0.2, 0) is 10.4 Å². The standard InChI is InChI=1S/C10H8Cl2O3S/c11-5-3-6-8(7(12)4-5)16-2-1-10(6,15)9(13)14/h3-4,15H,1-2H2,(H,13,14). The molecule has 6 heteroatoms. The average molecular weight is 279 g/mol. The van der Waals surface area contributed by atoms with Crippen LogP contribution in [0.3, 0.4) is 0 Å². The molecule has 1 aliphatic rings. The van der Waals surface area contributed by atoms with Gasteiger partial charge < -0.3 is 10.2 Å². The Morgan fingerprint density at radius 2 is 2.12 bits per heavy atom. The molecule has 1 unspecified atom stereocenters. The van der Waals surface area contributed by atoms with Gasteiger partial charge in [0, 0.05) is 27.7 Å². The van der Waals surface area contributed by atoms with Gasteiger partial charge in [0.05, 0.1) is 5.02 Å². The summed E-state index contributed by atoms with van der Waals surface area (Å²) in [4.78, 5) is 11.7. The third kappa shape index (κ3) is 1.80. The Bertz CT molecular complexity index is 464. The molecule has 2 rings (SSSR count). The molecule has 16 heavy (non-hydrogen) atoms. The summed E-state index contributed by atoms with van der Waals surface area (Å²) >= 11 is 13.2. The highest BCUT2D eigenvalue weighted by atomic mass is 35.5. The fourth-order valence-corrected chi connectivity index (χ4v) is 3.51. The summed E-state index contributed by atoms with van der Waals surface area (Å²) in [6, 6.07) is 3.01. The lowest BCUT2D eigenvalue weighted by atomic mass is 9.90. The van der Waals surface area contributed by atoms with Crippen LogP contribution >= 0.6 is 35.0 Å². The van der Waals surface area contributed by atoms with Gasteiger partial charge >= 0.3 is 5.97 Å². The Morgan fingerprint density at radius 3 is 2.75 bits per heavy atom. The van der Waals surface area contributed by atoms with E-state index in [0.29, 0.717) is 20.7 Å². The summed E-state index contributed by atoms with van der Waals surface area (Å²) in [5, 5.41) is 19.9. The van der Waals surface area contributed by atoms with Crippen molar-refractivity contribution in [1.29, 1.82) is 0 Å². The number of hydrogen-bond donors (Lipinski definition) is 2. The summed E-state index contributed by atoms with van der Waals surface area (Å²) in [5.74, 6) is -0.760. The number of thioether (sulfide) groups is 1. The number of carboxylic acid groups (broad SMARTS) is 1. The first-order valence-electron chi connectivity index (χ1n) is 4.53. The summed E-state index contributed by atoms with van der Waals surface area (Å²) in [6.07, 6.45) is 0.149. The molecule has 1 heterocycles. The van der Waals surface area contributed by atoms with E-state index in [4.69, 9.17) is 28.3 Å². The zero-order chi connectivity index (χ0) is 11.9. The fraction of sp³-hybridized carbons (Fsp3) is 0.300. The quantitative estimate of drug-likeness (QED) is 0.830. The number of benzene rings is 1. The normalized spacial score (nSPS) is 23.9. The van der Waals surface area contributed by atoms with Crippen molar-refractivity contribution < 1.29 is 15.0 Å². The minimum atomic E-state index is -1.88. The molecule has 86 valence electrons. The fourth-order valence-electron chi connectivity index (χ4n) is 1.67. The largest absolute Gasteiger partial charge is 0.479 e. The second-order valence-electron chi connectivity index (χ2n) is 3.53. The van der Waals surface area contributed by atoms with Crippen LogP contribution in [-0.4, -0.2) is 21.9 Å². The molecule has 0 aliphatic carbocycles. The Balaban J connectivity index is 2.67. The maximum absolute atomic E-state index is 11.1. The molecule has 1 atom stereocenters. The van der Waals surface area contributed by atoms with E-state index in [-0.39, 0.29) is 12.0 Å². The first-order chi connectivity index (χ1) is 7.45. The van der Waals surface area contributed by atoms with Crippen molar-refractivity contribution >= 4 is 40.9 Å². The molecule has 0 spiro atoms. The van der Waals surface area contributed by atoms with Gasteiger partial charge in [0.25, 0.3) is 0 Å². The smallest absolute Gasteiger partial charge is 0.340 e. The monoisotopic (exact) mass is 278 g/mol. The van der Waals surface area contributed by atoms with Gasteiger partial charge in [-0.3, -0.25) is 0 Å². The number of carboxylic acids is 1. The lowest BCUT2D eigenvalue weighted by Crippen LogP contribution is -2.38. The third-order valence-electron chi connectivity index (χ3n) is 2.52. The molecule has 1 aromatic carbocycles. The Morgan fingerprint density at radius 1 is 1.44 bits per heavy atom. The van der Waals surface area contributed by atoms with E-state index in [1.54, 1.807) is 6.07 Å². The van der Waals surface area contributed by atoms with Gasteiger partial charge in [0.2, 0.25) is 0 Å². The van der Waals surface area contributed by atoms with E-state index in [2.05, 4.69) is 0 Å². The third-order valence-corrected chi connectivity index (χ3v) is 4.28. The van der Waals surface area contributed by atoms with Gasteiger partial charge in [-0.2, -0.15) is 0 Å². The van der Waals surface area contributed by atoms with Crippen LogP contribution in [0.25, 0.3) is 0 Å². The van der Waals surface area contributed by atoms with Crippen molar-refractivity contribution in [2.75, 3.05) is 5.75 Å². The van der Waals surface area contributed by atoms with Crippen molar-refractivity contribution in [1.82, 2.24) is 0 Å². The zero-order valence-electron chi connectivity index (χ0n) is 8.04. The number of hydrogen-bond acceptors (Lipinski definition) is 3. The maximum Gasteiger partial charge on any atom is 0.340 e. The van der Waals surface area contributed by atoms with Crippen LogP contribution in [0, 0.1) is 0 Å². The van der Waals surface area contributed by atoms with Gasteiger partial charge in [-0.15, -0.1) is 11.8 Å². The molecule has 0 amide bonds. The Kier molecular flexibility index (Phi) is 3.09.